The number of carbonyl (C=O) groups excluding carboxylic acids is 1. The van der Waals surface area contributed by atoms with E-state index in [1.807, 2.05) is 20.2 Å². The molecule has 0 aliphatic heterocycles. The van der Waals surface area contributed by atoms with E-state index < -0.39 is 0 Å². The van der Waals surface area contributed by atoms with Gasteiger partial charge in [0.1, 0.15) is 0 Å². The van der Waals surface area contributed by atoms with Crippen LogP contribution in [-0.2, 0) is 6.54 Å². The van der Waals surface area contributed by atoms with E-state index in [0.717, 1.165) is 18.5 Å². The molecule has 7 heteroatoms. The molecule has 0 radical (unpaired) electrons. The first-order chi connectivity index (χ1) is 13.4. The zero-order valence-electron chi connectivity index (χ0n) is 16.7. The van der Waals surface area contributed by atoms with Crippen LogP contribution in [-0.4, -0.2) is 57.1 Å². The first kappa shape index (κ1) is 22.3. The summed E-state index contributed by atoms with van der Waals surface area (Å²) in [6.45, 7) is 1.89. The maximum atomic E-state index is 13.3. The minimum atomic E-state index is -0.124. The van der Waals surface area contributed by atoms with Crippen LogP contribution in [0.4, 0.5) is 0 Å². The molecule has 0 atom stereocenters. The van der Waals surface area contributed by atoms with E-state index in [4.69, 9.17) is 32.7 Å². The summed E-state index contributed by atoms with van der Waals surface area (Å²) in [6.07, 6.45) is 0.840. The van der Waals surface area contributed by atoms with Gasteiger partial charge in [0.25, 0.3) is 5.91 Å². The molecule has 1 amide bonds. The molecule has 5 nitrogen and oxygen atoms in total. The van der Waals surface area contributed by atoms with Crippen LogP contribution in [0, 0.1) is 0 Å². The summed E-state index contributed by atoms with van der Waals surface area (Å²) in [5.41, 5.74) is 1.38. The van der Waals surface area contributed by atoms with Gasteiger partial charge in [0.2, 0.25) is 0 Å². The largest absolute Gasteiger partial charge is 0.493 e. The molecule has 0 heterocycles. The van der Waals surface area contributed by atoms with Crippen molar-refractivity contribution in [2.24, 2.45) is 0 Å². The SMILES string of the molecule is COc1cccc(C(=O)N(CCCN(C)C)Cc2ccc(Cl)c(Cl)c2)c1OC. The third kappa shape index (κ3) is 5.77. The second kappa shape index (κ2) is 10.6. The minimum absolute atomic E-state index is 0.124. The van der Waals surface area contributed by atoms with Gasteiger partial charge in [-0.15, -0.1) is 0 Å². The van der Waals surface area contributed by atoms with Gasteiger partial charge in [0.05, 0.1) is 29.8 Å². The lowest BCUT2D eigenvalue weighted by Crippen LogP contribution is -2.33. The Morgan fingerprint density at radius 1 is 1.00 bits per heavy atom. The van der Waals surface area contributed by atoms with Crippen LogP contribution in [0.15, 0.2) is 36.4 Å². The van der Waals surface area contributed by atoms with E-state index in [2.05, 4.69) is 4.90 Å². The fraction of sp³-hybridized carbons (Fsp3) is 0.381. The summed E-state index contributed by atoms with van der Waals surface area (Å²) in [7, 11) is 7.10. The average Bonchev–Trinajstić information content (AvgIpc) is 2.68. The van der Waals surface area contributed by atoms with Crippen molar-refractivity contribution < 1.29 is 14.3 Å². The molecule has 0 bridgehead atoms. The van der Waals surface area contributed by atoms with Crippen LogP contribution in [0.2, 0.25) is 10.0 Å². The molecule has 0 aromatic heterocycles. The molecule has 0 N–H and O–H groups in total. The lowest BCUT2D eigenvalue weighted by Gasteiger charge is -2.25. The fourth-order valence-corrected chi connectivity index (χ4v) is 3.24. The van der Waals surface area contributed by atoms with Crippen LogP contribution in [0.25, 0.3) is 0 Å². The number of methoxy groups -OCH3 is 2. The zero-order chi connectivity index (χ0) is 20.7. The summed E-state index contributed by atoms with van der Waals surface area (Å²) >= 11 is 12.2. The first-order valence-corrected chi connectivity index (χ1v) is 9.72. The molecule has 0 saturated heterocycles. The molecule has 0 aliphatic rings. The lowest BCUT2D eigenvalue weighted by molar-refractivity contribution is 0.0733. The van der Waals surface area contributed by atoms with Gasteiger partial charge in [-0.1, -0.05) is 35.3 Å². The highest BCUT2D eigenvalue weighted by atomic mass is 35.5. The summed E-state index contributed by atoms with van der Waals surface area (Å²) in [5.74, 6) is 0.832. The molecular weight excluding hydrogens is 399 g/mol. The van der Waals surface area contributed by atoms with Gasteiger partial charge in [-0.05, 0) is 56.9 Å². The maximum Gasteiger partial charge on any atom is 0.258 e. The van der Waals surface area contributed by atoms with E-state index in [-0.39, 0.29) is 5.91 Å². The number of carbonyl (C=O) groups is 1. The van der Waals surface area contributed by atoms with Crippen molar-refractivity contribution in [3.8, 4) is 11.5 Å². The van der Waals surface area contributed by atoms with Crippen molar-refractivity contribution in [2.45, 2.75) is 13.0 Å². The Labute approximate surface area is 176 Å². The fourth-order valence-electron chi connectivity index (χ4n) is 2.91. The second-order valence-electron chi connectivity index (χ2n) is 6.67. The quantitative estimate of drug-likeness (QED) is 0.589. The number of benzene rings is 2. The molecule has 2 rings (SSSR count). The number of ether oxygens (including phenoxy) is 2. The van der Waals surface area contributed by atoms with Crippen molar-refractivity contribution in [1.82, 2.24) is 9.80 Å². The normalized spacial score (nSPS) is 10.8. The van der Waals surface area contributed by atoms with Crippen LogP contribution in [0.3, 0.4) is 0 Å². The van der Waals surface area contributed by atoms with E-state index in [0.29, 0.717) is 40.2 Å². The van der Waals surface area contributed by atoms with Crippen LogP contribution >= 0.6 is 23.2 Å². The Balaban J connectivity index is 2.32. The highest BCUT2D eigenvalue weighted by molar-refractivity contribution is 6.42. The Bertz CT molecular complexity index is 812. The first-order valence-electron chi connectivity index (χ1n) is 8.96. The number of halogens is 2. The molecule has 0 spiro atoms. The Morgan fingerprint density at radius 3 is 2.36 bits per heavy atom. The Morgan fingerprint density at radius 2 is 1.75 bits per heavy atom. The number of amides is 1. The number of nitrogens with zero attached hydrogens (tertiary/aromatic N) is 2. The van der Waals surface area contributed by atoms with E-state index in [1.54, 1.807) is 42.3 Å². The number of para-hydroxylation sites is 1. The van der Waals surface area contributed by atoms with Gasteiger partial charge in [0, 0.05) is 13.1 Å². The summed E-state index contributed by atoms with van der Waals surface area (Å²) in [5, 5.41) is 0.962. The monoisotopic (exact) mass is 424 g/mol. The summed E-state index contributed by atoms with van der Waals surface area (Å²) in [6, 6.07) is 10.7. The van der Waals surface area contributed by atoms with Gasteiger partial charge in [0.15, 0.2) is 11.5 Å². The number of hydrogen-bond acceptors (Lipinski definition) is 4. The molecule has 152 valence electrons. The predicted octanol–water partition coefficient (Wildman–Crippen LogP) is 4.60. The Hall–Kier alpha value is -1.95. The molecule has 0 aliphatic carbocycles. The zero-order valence-corrected chi connectivity index (χ0v) is 18.2. The lowest BCUT2D eigenvalue weighted by atomic mass is 10.1. The molecule has 28 heavy (non-hydrogen) atoms. The van der Waals surface area contributed by atoms with Gasteiger partial charge in [-0.25, -0.2) is 0 Å². The standard InChI is InChI=1S/C21H26Cl2N2O3/c1-24(2)11-6-12-25(14-15-9-10-17(22)18(23)13-15)21(26)16-7-5-8-19(27-3)20(16)28-4/h5,7-10,13H,6,11-12,14H2,1-4H3. The van der Waals surface area contributed by atoms with Crippen molar-refractivity contribution in [1.29, 1.82) is 0 Å². The van der Waals surface area contributed by atoms with E-state index >= 15 is 0 Å². The maximum absolute atomic E-state index is 13.3. The van der Waals surface area contributed by atoms with Crippen LogP contribution in [0.1, 0.15) is 22.3 Å². The molecule has 0 fully saturated rings. The van der Waals surface area contributed by atoms with Gasteiger partial charge in [-0.2, -0.15) is 0 Å². The van der Waals surface area contributed by atoms with Crippen molar-refractivity contribution in [3.63, 3.8) is 0 Å². The van der Waals surface area contributed by atoms with E-state index in [9.17, 15) is 4.79 Å². The number of hydrogen-bond donors (Lipinski definition) is 0. The van der Waals surface area contributed by atoms with Gasteiger partial charge >= 0.3 is 0 Å². The van der Waals surface area contributed by atoms with Crippen molar-refractivity contribution in [2.75, 3.05) is 41.4 Å². The van der Waals surface area contributed by atoms with Gasteiger partial charge < -0.3 is 19.3 Å². The van der Waals surface area contributed by atoms with Gasteiger partial charge in [-0.3, -0.25) is 4.79 Å². The third-order valence-electron chi connectivity index (χ3n) is 4.31. The third-order valence-corrected chi connectivity index (χ3v) is 5.05. The van der Waals surface area contributed by atoms with E-state index in [1.165, 1.54) is 7.11 Å². The summed E-state index contributed by atoms with van der Waals surface area (Å²) < 4.78 is 10.8. The average molecular weight is 425 g/mol. The molecular formula is C21H26Cl2N2O3. The molecule has 0 unspecified atom stereocenters. The topological polar surface area (TPSA) is 42.0 Å². The molecule has 2 aromatic carbocycles. The van der Waals surface area contributed by atoms with Crippen molar-refractivity contribution >= 4 is 29.1 Å². The summed E-state index contributed by atoms with van der Waals surface area (Å²) in [4.78, 5) is 17.2. The van der Waals surface area contributed by atoms with Crippen molar-refractivity contribution in [3.05, 3.63) is 57.6 Å². The smallest absolute Gasteiger partial charge is 0.258 e. The predicted molar refractivity (Wildman–Crippen MR) is 114 cm³/mol. The highest BCUT2D eigenvalue weighted by Gasteiger charge is 2.22. The van der Waals surface area contributed by atoms with Crippen LogP contribution < -0.4 is 9.47 Å². The number of rotatable bonds is 9. The van der Waals surface area contributed by atoms with Crippen LogP contribution in [0.5, 0.6) is 11.5 Å². The Kier molecular flexibility index (Phi) is 8.42. The second-order valence-corrected chi connectivity index (χ2v) is 7.49. The minimum Gasteiger partial charge on any atom is -0.493 e. The molecule has 2 aromatic rings. The highest BCUT2D eigenvalue weighted by Crippen LogP contribution is 2.32. The molecule has 0 saturated carbocycles.